The van der Waals surface area contributed by atoms with Gasteiger partial charge in [-0.25, -0.2) is 0 Å². The van der Waals surface area contributed by atoms with E-state index < -0.39 is 11.5 Å². The molecule has 2 atom stereocenters. The quantitative estimate of drug-likeness (QED) is 0.656. The van der Waals surface area contributed by atoms with Gasteiger partial charge in [-0.2, -0.15) is 0 Å². The predicted octanol–water partition coefficient (Wildman–Crippen LogP) is 0.424. The first-order valence-corrected chi connectivity index (χ1v) is 5.94. The third-order valence-corrected chi connectivity index (χ3v) is 2.48. The second-order valence-electron chi connectivity index (χ2n) is 5.24. The summed E-state index contributed by atoms with van der Waals surface area (Å²) in [4.78, 5) is 23.4. The molecule has 0 saturated heterocycles. The maximum Gasteiger partial charge on any atom is 0.242 e. The Bertz CT molecular complexity index is 267. The number of hydrogen-bond acceptors (Lipinski definition) is 3. The second kappa shape index (κ2) is 6.59. The molecular formula is C12H24N2O3. The van der Waals surface area contributed by atoms with Crippen LogP contribution in [0.15, 0.2) is 0 Å². The van der Waals surface area contributed by atoms with Gasteiger partial charge in [0.1, 0.15) is 6.04 Å². The molecule has 100 valence electrons. The van der Waals surface area contributed by atoms with Gasteiger partial charge in [-0.3, -0.25) is 9.59 Å². The summed E-state index contributed by atoms with van der Waals surface area (Å²) in [5.74, 6) is -0.444. The molecule has 0 radical (unpaired) electrons. The molecule has 5 heteroatoms. The summed E-state index contributed by atoms with van der Waals surface area (Å²) in [5, 5.41) is 14.3. The Morgan fingerprint density at radius 1 is 1.24 bits per heavy atom. The summed E-state index contributed by atoms with van der Waals surface area (Å²) in [6.45, 7) is 8.77. The molecule has 3 N–H and O–H groups in total. The van der Waals surface area contributed by atoms with E-state index in [1.54, 1.807) is 27.7 Å². The molecule has 0 aromatic heterocycles. The first-order chi connectivity index (χ1) is 7.72. The van der Waals surface area contributed by atoms with Crippen LogP contribution in [0.2, 0.25) is 0 Å². The minimum Gasteiger partial charge on any atom is -0.394 e. The van der Waals surface area contributed by atoms with Crippen molar-refractivity contribution in [1.29, 1.82) is 0 Å². The van der Waals surface area contributed by atoms with Gasteiger partial charge in [0.05, 0.1) is 12.6 Å². The second-order valence-corrected chi connectivity index (χ2v) is 5.24. The molecule has 2 amide bonds. The molecule has 5 nitrogen and oxygen atoms in total. The molecule has 0 aliphatic rings. The zero-order chi connectivity index (χ0) is 13.6. The fraction of sp³-hybridized carbons (Fsp3) is 0.833. The van der Waals surface area contributed by atoms with Crippen LogP contribution in [0.1, 0.15) is 41.0 Å². The lowest BCUT2D eigenvalue weighted by Gasteiger charge is -2.23. The number of hydrogen-bond donors (Lipinski definition) is 3. The summed E-state index contributed by atoms with van der Waals surface area (Å²) in [5.41, 5.74) is -0.518. The molecule has 0 bridgehead atoms. The molecule has 1 unspecified atom stereocenters. The van der Waals surface area contributed by atoms with Crippen molar-refractivity contribution >= 4 is 11.8 Å². The zero-order valence-electron chi connectivity index (χ0n) is 11.3. The van der Waals surface area contributed by atoms with Gasteiger partial charge in [0.15, 0.2) is 0 Å². The molecule has 0 heterocycles. The number of carbonyl (C=O) groups excluding carboxylic acids is 2. The standard InChI is InChI=1S/C12H24N2O3/c1-6-9(7-15)14-10(16)8(2)13-11(17)12(3,4)5/h8-9,15H,6-7H2,1-5H3,(H,13,17)(H,14,16)/t8?,9-/m0/s1. The van der Waals surface area contributed by atoms with E-state index in [1.807, 2.05) is 6.92 Å². The number of carbonyl (C=O) groups is 2. The van der Waals surface area contributed by atoms with E-state index in [1.165, 1.54) is 0 Å². The Morgan fingerprint density at radius 3 is 2.12 bits per heavy atom. The third-order valence-electron chi connectivity index (χ3n) is 2.48. The van der Waals surface area contributed by atoms with Gasteiger partial charge in [0.2, 0.25) is 11.8 Å². The predicted molar refractivity (Wildman–Crippen MR) is 66.4 cm³/mol. The number of nitrogens with one attached hydrogen (secondary N) is 2. The number of aliphatic hydroxyl groups is 1. The van der Waals surface area contributed by atoms with E-state index in [2.05, 4.69) is 10.6 Å². The van der Waals surface area contributed by atoms with Crippen LogP contribution in [0.25, 0.3) is 0 Å². The van der Waals surface area contributed by atoms with E-state index in [4.69, 9.17) is 5.11 Å². The third kappa shape index (κ3) is 5.68. The minimum atomic E-state index is -0.595. The molecule has 0 rings (SSSR count). The number of amides is 2. The smallest absolute Gasteiger partial charge is 0.242 e. The van der Waals surface area contributed by atoms with Crippen molar-refractivity contribution in [2.75, 3.05) is 6.61 Å². The average molecular weight is 244 g/mol. The van der Waals surface area contributed by atoms with Crippen LogP contribution < -0.4 is 10.6 Å². The first kappa shape index (κ1) is 15.9. The Balaban J connectivity index is 4.28. The van der Waals surface area contributed by atoms with Gasteiger partial charge in [-0.05, 0) is 13.3 Å². The maximum absolute atomic E-state index is 11.7. The Labute approximate surface area is 103 Å². The van der Waals surface area contributed by atoms with E-state index >= 15 is 0 Å². The molecule has 0 fully saturated rings. The topological polar surface area (TPSA) is 78.4 Å². The van der Waals surface area contributed by atoms with E-state index in [9.17, 15) is 9.59 Å². The van der Waals surface area contributed by atoms with Crippen LogP contribution in [0.3, 0.4) is 0 Å². The van der Waals surface area contributed by atoms with Gasteiger partial charge in [0.25, 0.3) is 0 Å². The molecule has 0 aromatic rings. The van der Waals surface area contributed by atoms with Gasteiger partial charge in [0, 0.05) is 5.41 Å². The summed E-state index contributed by atoms with van der Waals surface area (Å²) in [7, 11) is 0. The normalized spacial score (nSPS) is 14.9. The van der Waals surface area contributed by atoms with Crippen molar-refractivity contribution in [3.05, 3.63) is 0 Å². The van der Waals surface area contributed by atoms with Crippen molar-refractivity contribution in [2.45, 2.75) is 53.1 Å². The Kier molecular flexibility index (Phi) is 6.16. The van der Waals surface area contributed by atoms with Gasteiger partial charge >= 0.3 is 0 Å². The zero-order valence-corrected chi connectivity index (χ0v) is 11.3. The highest BCUT2D eigenvalue weighted by molar-refractivity contribution is 5.89. The van der Waals surface area contributed by atoms with Crippen LogP contribution in [0.4, 0.5) is 0 Å². The Morgan fingerprint density at radius 2 is 1.76 bits per heavy atom. The fourth-order valence-corrected chi connectivity index (χ4v) is 1.08. The molecular weight excluding hydrogens is 220 g/mol. The van der Waals surface area contributed by atoms with Gasteiger partial charge in [-0.15, -0.1) is 0 Å². The largest absolute Gasteiger partial charge is 0.394 e. The van der Waals surface area contributed by atoms with Crippen LogP contribution in [0, 0.1) is 5.41 Å². The molecule has 0 saturated carbocycles. The van der Waals surface area contributed by atoms with Gasteiger partial charge < -0.3 is 15.7 Å². The lowest BCUT2D eigenvalue weighted by atomic mass is 9.95. The lowest BCUT2D eigenvalue weighted by Crippen LogP contribution is -2.51. The highest BCUT2D eigenvalue weighted by Crippen LogP contribution is 2.12. The summed E-state index contributed by atoms with van der Waals surface area (Å²) in [6.07, 6.45) is 0.655. The average Bonchev–Trinajstić information content (AvgIpc) is 2.23. The summed E-state index contributed by atoms with van der Waals surface area (Å²) < 4.78 is 0. The lowest BCUT2D eigenvalue weighted by molar-refractivity contribution is -0.133. The van der Waals surface area contributed by atoms with Crippen molar-refractivity contribution in [1.82, 2.24) is 10.6 Å². The van der Waals surface area contributed by atoms with E-state index in [0.29, 0.717) is 6.42 Å². The molecule has 0 spiro atoms. The number of rotatable bonds is 5. The monoisotopic (exact) mass is 244 g/mol. The molecule has 17 heavy (non-hydrogen) atoms. The van der Waals surface area contributed by atoms with Crippen LogP contribution in [-0.4, -0.2) is 35.6 Å². The van der Waals surface area contributed by atoms with Crippen molar-refractivity contribution < 1.29 is 14.7 Å². The highest BCUT2D eigenvalue weighted by atomic mass is 16.3. The van der Waals surface area contributed by atoms with Crippen LogP contribution >= 0.6 is 0 Å². The minimum absolute atomic E-state index is 0.0951. The summed E-state index contributed by atoms with van der Waals surface area (Å²) >= 11 is 0. The van der Waals surface area contributed by atoms with Crippen LogP contribution in [0.5, 0.6) is 0 Å². The fourth-order valence-electron chi connectivity index (χ4n) is 1.08. The van der Waals surface area contributed by atoms with E-state index in [0.717, 1.165) is 0 Å². The Hall–Kier alpha value is -1.10. The molecule has 0 aliphatic carbocycles. The number of aliphatic hydroxyl groups excluding tert-OH is 1. The first-order valence-electron chi connectivity index (χ1n) is 5.94. The van der Waals surface area contributed by atoms with E-state index in [-0.39, 0.29) is 24.5 Å². The van der Waals surface area contributed by atoms with Gasteiger partial charge in [-0.1, -0.05) is 27.7 Å². The maximum atomic E-state index is 11.7. The molecule has 0 aliphatic heterocycles. The van der Waals surface area contributed by atoms with Crippen molar-refractivity contribution in [2.24, 2.45) is 5.41 Å². The highest BCUT2D eigenvalue weighted by Gasteiger charge is 2.25. The molecule has 0 aromatic carbocycles. The summed E-state index contributed by atoms with van der Waals surface area (Å²) in [6, 6.07) is -0.848. The van der Waals surface area contributed by atoms with Crippen molar-refractivity contribution in [3.8, 4) is 0 Å². The SMILES string of the molecule is CC[C@@H](CO)NC(=O)C(C)NC(=O)C(C)(C)C. The van der Waals surface area contributed by atoms with Crippen molar-refractivity contribution in [3.63, 3.8) is 0 Å². The van der Waals surface area contributed by atoms with Crippen LogP contribution in [-0.2, 0) is 9.59 Å².